The molecular weight excluding hydrogens is 198 g/mol. The molecule has 0 heterocycles. The summed E-state index contributed by atoms with van der Waals surface area (Å²) in [6, 6.07) is 8.37. The Morgan fingerprint density at radius 1 is 1.25 bits per heavy atom. The summed E-state index contributed by atoms with van der Waals surface area (Å²) in [6.45, 7) is 8.43. The number of rotatable bonds is 7. The number of hydrogen-bond acceptors (Lipinski definition) is 2. The van der Waals surface area contributed by atoms with Crippen molar-refractivity contribution in [1.82, 2.24) is 5.32 Å². The lowest BCUT2D eigenvalue weighted by Gasteiger charge is -2.11. The van der Waals surface area contributed by atoms with Crippen LogP contribution in [0.3, 0.4) is 0 Å². The molecular formula is C14H23NO. The Morgan fingerprint density at radius 3 is 2.75 bits per heavy atom. The van der Waals surface area contributed by atoms with Crippen LogP contribution in [0, 0.1) is 0 Å². The Morgan fingerprint density at radius 2 is 2.06 bits per heavy atom. The van der Waals surface area contributed by atoms with Gasteiger partial charge < -0.3 is 10.1 Å². The molecule has 0 aromatic heterocycles. The van der Waals surface area contributed by atoms with Gasteiger partial charge in [-0.25, -0.2) is 0 Å². The van der Waals surface area contributed by atoms with Crippen LogP contribution in [-0.4, -0.2) is 19.2 Å². The first-order chi connectivity index (χ1) is 7.72. The van der Waals surface area contributed by atoms with Gasteiger partial charge in [0.05, 0.1) is 6.10 Å². The number of nitrogens with one attached hydrogen (secondary N) is 1. The van der Waals surface area contributed by atoms with Crippen LogP contribution in [0.1, 0.15) is 32.8 Å². The SMILES string of the molecule is CCCNCCc1cccc(OC(C)C)c1. The zero-order chi connectivity index (χ0) is 11.8. The van der Waals surface area contributed by atoms with Crippen LogP contribution in [0.2, 0.25) is 0 Å². The molecule has 1 rings (SSSR count). The highest BCUT2D eigenvalue weighted by molar-refractivity contribution is 5.28. The lowest BCUT2D eigenvalue weighted by atomic mass is 10.1. The van der Waals surface area contributed by atoms with E-state index in [2.05, 4.69) is 44.3 Å². The fourth-order valence-corrected chi connectivity index (χ4v) is 1.58. The van der Waals surface area contributed by atoms with E-state index >= 15 is 0 Å². The van der Waals surface area contributed by atoms with E-state index < -0.39 is 0 Å². The van der Waals surface area contributed by atoms with Crippen molar-refractivity contribution in [3.8, 4) is 5.75 Å². The Hall–Kier alpha value is -1.02. The van der Waals surface area contributed by atoms with Crippen LogP contribution < -0.4 is 10.1 Å². The molecule has 1 aromatic carbocycles. The molecule has 0 saturated carbocycles. The van der Waals surface area contributed by atoms with Gasteiger partial charge in [0.2, 0.25) is 0 Å². The molecule has 0 saturated heterocycles. The van der Waals surface area contributed by atoms with E-state index in [4.69, 9.17) is 4.74 Å². The van der Waals surface area contributed by atoms with Crippen LogP contribution in [0.4, 0.5) is 0 Å². The molecule has 0 aliphatic rings. The molecule has 0 aliphatic heterocycles. The second-order valence-corrected chi connectivity index (χ2v) is 4.31. The topological polar surface area (TPSA) is 21.3 Å². The fourth-order valence-electron chi connectivity index (χ4n) is 1.58. The van der Waals surface area contributed by atoms with Crippen molar-refractivity contribution in [1.29, 1.82) is 0 Å². The Labute approximate surface area is 99.0 Å². The molecule has 2 nitrogen and oxygen atoms in total. The van der Waals surface area contributed by atoms with Gasteiger partial charge in [-0.2, -0.15) is 0 Å². The van der Waals surface area contributed by atoms with Crippen LogP contribution in [0.15, 0.2) is 24.3 Å². The molecule has 16 heavy (non-hydrogen) atoms. The van der Waals surface area contributed by atoms with Gasteiger partial charge in [-0.15, -0.1) is 0 Å². The summed E-state index contributed by atoms with van der Waals surface area (Å²) in [6.07, 6.45) is 2.50. The minimum absolute atomic E-state index is 0.244. The zero-order valence-electron chi connectivity index (χ0n) is 10.6. The summed E-state index contributed by atoms with van der Waals surface area (Å²) in [7, 11) is 0. The third-order valence-corrected chi connectivity index (χ3v) is 2.29. The average molecular weight is 221 g/mol. The smallest absolute Gasteiger partial charge is 0.119 e. The molecule has 0 unspecified atom stereocenters. The highest BCUT2D eigenvalue weighted by Crippen LogP contribution is 2.14. The van der Waals surface area contributed by atoms with Gasteiger partial charge in [-0.05, 0) is 57.5 Å². The lowest BCUT2D eigenvalue weighted by molar-refractivity contribution is 0.242. The van der Waals surface area contributed by atoms with Crippen molar-refractivity contribution < 1.29 is 4.74 Å². The molecule has 0 fully saturated rings. The van der Waals surface area contributed by atoms with Gasteiger partial charge in [0.1, 0.15) is 5.75 Å². The number of hydrogen-bond donors (Lipinski definition) is 1. The summed E-state index contributed by atoms with van der Waals surface area (Å²) in [5.74, 6) is 0.975. The van der Waals surface area contributed by atoms with Gasteiger partial charge in [-0.3, -0.25) is 0 Å². The van der Waals surface area contributed by atoms with Crippen LogP contribution in [0.5, 0.6) is 5.75 Å². The van der Waals surface area contributed by atoms with Crippen molar-refractivity contribution in [3.05, 3.63) is 29.8 Å². The second-order valence-electron chi connectivity index (χ2n) is 4.31. The monoisotopic (exact) mass is 221 g/mol. The van der Waals surface area contributed by atoms with Crippen LogP contribution in [0.25, 0.3) is 0 Å². The highest BCUT2D eigenvalue weighted by Gasteiger charge is 1.99. The van der Waals surface area contributed by atoms with Crippen molar-refractivity contribution in [2.24, 2.45) is 0 Å². The van der Waals surface area contributed by atoms with Crippen molar-refractivity contribution in [3.63, 3.8) is 0 Å². The maximum Gasteiger partial charge on any atom is 0.119 e. The van der Waals surface area contributed by atoms with E-state index in [9.17, 15) is 0 Å². The Bertz CT molecular complexity index is 297. The van der Waals surface area contributed by atoms with E-state index in [1.165, 1.54) is 12.0 Å². The minimum Gasteiger partial charge on any atom is -0.491 e. The molecule has 1 aromatic rings. The maximum atomic E-state index is 5.66. The standard InChI is InChI=1S/C14H23NO/c1-4-9-15-10-8-13-6-5-7-14(11-13)16-12(2)3/h5-7,11-12,15H,4,8-10H2,1-3H3. The normalized spacial score (nSPS) is 10.8. The third-order valence-electron chi connectivity index (χ3n) is 2.29. The molecule has 0 atom stereocenters. The predicted octanol–water partition coefficient (Wildman–Crippen LogP) is 3.02. The molecule has 0 radical (unpaired) electrons. The summed E-state index contributed by atoms with van der Waals surface area (Å²) in [4.78, 5) is 0. The maximum absolute atomic E-state index is 5.66. The van der Waals surface area contributed by atoms with Crippen molar-refractivity contribution in [2.75, 3.05) is 13.1 Å². The van der Waals surface area contributed by atoms with E-state index in [1.807, 2.05) is 6.07 Å². The lowest BCUT2D eigenvalue weighted by Crippen LogP contribution is -2.17. The van der Waals surface area contributed by atoms with Crippen molar-refractivity contribution >= 4 is 0 Å². The highest BCUT2D eigenvalue weighted by atomic mass is 16.5. The first kappa shape index (κ1) is 13.0. The van der Waals surface area contributed by atoms with E-state index in [-0.39, 0.29) is 6.10 Å². The predicted molar refractivity (Wildman–Crippen MR) is 69.1 cm³/mol. The van der Waals surface area contributed by atoms with Gasteiger partial charge >= 0.3 is 0 Å². The fraction of sp³-hybridized carbons (Fsp3) is 0.571. The minimum atomic E-state index is 0.244. The van der Waals surface area contributed by atoms with Gasteiger partial charge in [0.25, 0.3) is 0 Å². The third kappa shape index (κ3) is 5.17. The first-order valence-corrected chi connectivity index (χ1v) is 6.18. The summed E-state index contributed by atoms with van der Waals surface area (Å²) in [5.41, 5.74) is 1.33. The van der Waals surface area contributed by atoms with E-state index in [0.29, 0.717) is 0 Å². The Kier molecular flexibility index (Phi) is 5.94. The molecule has 1 N–H and O–H groups in total. The van der Waals surface area contributed by atoms with Gasteiger partial charge in [-0.1, -0.05) is 19.1 Å². The zero-order valence-corrected chi connectivity index (χ0v) is 10.6. The molecule has 2 heteroatoms. The van der Waals surface area contributed by atoms with Crippen molar-refractivity contribution in [2.45, 2.75) is 39.7 Å². The molecule has 0 bridgehead atoms. The average Bonchev–Trinajstić information content (AvgIpc) is 2.24. The summed E-state index contributed by atoms with van der Waals surface area (Å²) >= 11 is 0. The number of benzene rings is 1. The van der Waals surface area contributed by atoms with E-state index in [0.717, 1.165) is 25.3 Å². The first-order valence-electron chi connectivity index (χ1n) is 6.18. The summed E-state index contributed by atoms with van der Waals surface area (Å²) in [5, 5.41) is 3.40. The molecule has 90 valence electrons. The van der Waals surface area contributed by atoms with E-state index in [1.54, 1.807) is 0 Å². The molecule has 0 spiro atoms. The summed E-state index contributed by atoms with van der Waals surface area (Å²) < 4.78 is 5.66. The van der Waals surface area contributed by atoms with Crippen LogP contribution in [-0.2, 0) is 6.42 Å². The second kappa shape index (κ2) is 7.29. The van der Waals surface area contributed by atoms with Gasteiger partial charge in [0.15, 0.2) is 0 Å². The quantitative estimate of drug-likeness (QED) is 0.715. The largest absolute Gasteiger partial charge is 0.491 e. The van der Waals surface area contributed by atoms with Gasteiger partial charge in [0, 0.05) is 0 Å². The van der Waals surface area contributed by atoms with Crippen LogP contribution >= 0.6 is 0 Å². The molecule has 0 aliphatic carbocycles. The Balaban J connectivity index is 2.41. The molecule has 0 amide bonds. The number of ether oxygens (including phenoxy) is 1.